The van der Waals surface area contributed by atoms with Gasteiger partial charge >= 0.3 is 0 Å². The summed E-state index contributed by atoms with van der Waals surface area (Å²) in [5, 5.41) is 14.1. The summed E-state index contributed by atoms with van der Waals surface area (Å²) in [5.41, 5.74) is 2.41. The van der Waals surface area contributed by atoms with Crippen LogP contribution in [0.15, 0.2) is 36.8 Å². The highest BCUT2D eigenvalue weighted by atomic mass is 19.1. The zero-order valence-electron chi connectivity index (χ0n) is 20.4. The van der Waals surface area contributed by atoms with Gasteiger partial charge in [-0.1, -0.05) is 0 Å². The van der Waals surface area contributed by atoms with Gasteiger partial charge in [-0.05, 0) is 44.7 Å². The number of anilines is 1. The first-order chi connectivity index (χ1) is 17.9. The number of likely N-dealkylation sites (tertiary alicyclic amines) is 1. The molecule has 0 bridgehead atoms. The van der Waals surface area contributed by atoms with E-state index in [0.717, 1.165) is 24.7 Å². The Kier molecular flexibility index (Phi) is 5.39. The van der Waals surface area contributed by atoms with Gasteiger partial charge < -0.3 is 15.0 Å². The number of fused-ring (bicyclic) bond motifs is 1. The Morgan fingerprint density at radius 3 is 2.89 bits per heavy atom. The predicted octanol–water partition coefficient (Wildman–Crippen LogP) is 2.99. The molecule has 1 aliphatic carbocycles. The van der Waals surface area contributed by atoms with Crippen molar-refractivity contribution in [3.63, 3.8) is 0 Å². The first-order valence-corrected chi connectivity index (χ1v) is 12.1. The molecule has 2 N–H and O–H groups in total. The third kappa shape index (κ3) is 4.07. The summed E-state index contributed by atoms with van der Waals surface area (Å²) >= 11 is 0. The number of piperidine rings is 1. The van der Waals surface area contributed by atoms with Gasteiger partial charge in [0.1, 0.15) is 5.69 Å². The molecule has 1 spiro atoms. The average Bonchev–Trinajstić information content (AvgIpc) is 3.30. The van der Waals surface area contributed by atoms with Gasteiger partial charge in [0.15, 0.2) is 17.2 Å². The Balaban J connectivity index is 1.16. The summed E-state index contributed by atoms with van der Waals surface area (Å²) < 4.78 is 21.0. The topological polar surface area (TPSA) is 130 Å². The lowest BCUT2D eigenvalue weighted by molar-refractivity contribution is -0.122. The lowest BCUT2D eigenvalue weighted by atomic mass is 9.88. The van der Waals surface area contributed by atoms with Crippen molar-refractivity contribution in [2.75, 3.05) is 19.0 Å². The second kappa shape index (κ2) is 8.64. The molecule has 12 heteroatoms. The molecule has 0 aromatic carbocycles. The molecule has 4 aromatic rings. The minimum Gasteiger partial charge on any atom is -0.481 e. The van der Waals surface area contributed by atoms with Crippen molar-refractivity contribution in [2.24, 2.45) is 5.92 Å². The molecule has 1 saturated carbocycles. The number of ether oxygens (including phenoxy) is 1. The number of aromatic nitrogens is 6. The van der Waals surface area contributed by atoms with E-state index in [1.54, 1.807) is 16.9 Å². The largest absolute Gasteiger partial charge is 0.481 e. The van der Waals surface area contributed by atoms with Crippen LogP contribution in [0.25, 0.3) is 16.9 Å². The number of aromatic amines is 1. The molecule has 2 aliphatic rings. The maximum absolute atomic E-state index is 14.3. The average molecular weight is 505 g/mol. The fourth-order valence-corrected chi connectivity index (χ4v) is 5.08. The first-order valence-electron chi connectivity index (χ1n) is 12.1. The number of H-pyrrole nitrogens is 1. The van der Waals surface area contributed by atoms with E-state index in [0.29, 0.717) is 36.4 Å². The Bertz CT molecular complexity index is 1530. The van der Waals surface area contributed by atoms with Crippen LogP contribution in [0.5, 0.6) is 5.88 Å². The zero-order valence-corrected chi connectivity index (χ0v) is 20.4. The molecule has 0 unspecified atom stereocenters. The summed E-state index contributed by atoms with van der Waals surface area (Å²) in [6.45, 7) is 2.32. The van der Waals surface area contributed by atoms with Crippen molar-refractivity contribution in [2.45, 2.75) is 38.1 Å². The van der Waals surface area contributed by atoms with Crippen molar-refractivity contribution in [3.8, 4) is 17.1 Å². The third-order valence-electron chi connectivity index (χ3n) is 7.24. The van der Waals surface area contributed by atoms with E-state index in [9.17, 15) is 14.0 Å². The number of pyridine rings is 1. The van der Waals surface area contributed by atoms with Gasteiger partial charge in [-0.2, -0.15) is 10.2 Å². The van der Waals surface area contributed by atoms with Crippen molar-refractivity contribution in [1.29, 1.82) is 0 Å². The lowest BCUT2D eigenvalue weighted by Gasteiger charge is -2.39. The van der Waals surface area contributed by atoms with Crippen LogP contribution < -0.4 is 10.1 Å². The van der Waals surface area contributed by atoms with Crippen LogP contribution in [-0.4, -0.2) is 65.7 Å². The fraction of sp³-hybridized carbons (Fsp3) is 0.360. The van der Waals surface area contributed by atoms with Gasteiger partial charge in [0.05, 0.1) is 25.2 Å². The number of halogens is 1. The first kappa shape index (κ1) is 23.1. The number of hydrogen-bond acceptors (Lipinski definition) is 7. The number of carbonyl (C=O) groups is 2. The number of aryl methyl sites for hydroxylation is 1. The number of methoxy groups -OCH3 is 1. The molecule has 1 aliphatic heterocycles. The van der Waals surface area contributed by atoms with Gasteiger partial charge in [-0.3, -0.25) is 14.7 Å². The molecule has 5 heterocycles. The van der Waals surface area contributed by atoms with Crippen molar-refractivity contribution in [1.82, 2.24) is 34.7 Å². The van der Waals surface area contributed by atoms with Crippen LogP contribution in [0.3, 0.4) is 0 Å². The number of nitrogens with zero attached hydrogens (tertiary/aromatic N) is 6. The minimum atomic E-state index is -0.550. The summed E-state index contributed by atoms with van der Waals surface area (Å²) in [5.74, 6) is -0.862. The number of rotatable bonds is 5. The third-order valence-corrected chi connectivity index (χ3v) is 7.24. The summed E-state index contributed by atoms with van der Waals surface area (Å²) in [6.07, 6.45) is 7.22. The van der Waals surface area contributed by atoms with Gasteiger partial charge in [-0.25, -0.2) is 18.9 Å². The maximum Gasteiger partial charge on any atom is 0.274 e. The highest BCUT2D eigenvalue weighted by Crippen LogP contribution is 2.50. The van der Waals surface area contributed by atoms with Crippen LogP contribution in [-0.2, 0) is 4.79 Å². The molecule has 37 heavy (non-hydrogen) atoms. The molecule has 1 atom stereocenters. The van der Waals surface area contributed by atoms with E-state index < -0.39 is 5.82 Å². The molecule has 6 rings (SSSR count). The smallest absolute Gasteiger partial charge is 0.274 e. The monoisotopic (exact) mass is 504 g/mol. The van der Waals surface area contributed by atoms with E-state index >= 15 is 0 Å². The predicted molar refractivity (Wildman–Crippen MR) is 130 cm³/mol. The summed E-state index contributed by atoms with van der Waals surface area (Å²) in [6, 6.07) is 4.83. The second-order valence-corrected chi connectivity index (χ2v) is 9.63. The van der Waals surface area contributed by atoms with E-state index in [-0.39, 0.29) is 40.4 Å². The fourth-order valence-electron chi connectivity index (χ4n) is 5.08. The van der Waals surface area contributed by atoms with E-state index in [1.807, 2.05) is 17.9 Å². The Hall–Kier alpha value is -4.35. The minimum absolute atomic E-state index is 0.0965. The van der Waals surface area contributed by atoms with Gasteiger partial charge in [0, 0.05) is 41.5 Å². The van der Waals surface area contributed by atoms with Crippen LogP contribution in [0, 0.1) is 18.7 Å². The van der Waals surface area contributed by atoms with Crippen molar-refractivity contribution in [3.05, 3.63) is 54.0 Å². The van der Waals surface area contributed by atoms with Crippen LogP contribution in [0.4, 0.5) is 10.1 Å². The normalized spacial score (nSPS) is 18.2. The standard InChI is InChI=1S/C25H25FN8O3/c1-14-3-8-34-22(29-14)20(13-28-34)30-23(35)15-4-7-33(25(11-15)5-6-25)24(36)19-10-18(31-32-19)16-9-21(37-2)27-12-17(16)26/h3,8-10,12-13,15H,4-7,11H2,1-2H3,(H,30,35)(H,31,32)/t15-/m0/s1. The molecule has 11 nitrogen and oxygen atoms in total. The molecular weight excluding hydrogens is 479 g/mol. The Morgan fingerprint density at radius 2 is 2.11 bits per heavy atom. The van der Waals surface area contributed by atoms with E-state index in [2.05, 4.69) is 30.6 Å². The molecule has 2 fully saturated rings. The summed E-state index contributed by atoms with van der Waals surface area (Å²) in [4.78, 5) is 36.7. The van der Waals surface area contributed by atoms with Gasteiger partial charge in [-0.15, -0.1) is 0 Å². The van der Waals surface area contributed by atoms with Crippen molar-refractivity contribution >= 4 is 23.1 Å². The van der Waals surface area contributed by atoms with Gasteiger partial charge in [0.25, 0.3) is 5.91 Å². The number of amides is 2. The summed E-state index contributed by atoms with van der Waals surface area (Å²) in [7, 11) is 1.45. The molecule has 4 aromatic heterocycles. The molecular formula is C25H25FN8O3. The van der Waals surface area contributed by atoms with E-state index in [1.165, 1.54) is 19.2 Å². The van der Waals surface area contributed by atoms with Crippen LogP contribution in [0.1, 0.15) is 41.9 Å². The lowest BCUT2D eigenvalue weighted by Crippen LogP contribution is -2.50. The second-order valence-electron chi connectivity index (χ2n) is 9.63. The quantitative estimate of drug-likeness (QED) is 0.427. The van der Waals surface area contributed by atoms with Crippen LogP contribution in [0.2, 0.25) is 0 Å². The molecule has 190 valence electrons. The van der Waals surface area contributed by atoms with Gasteiger partial charge in [0.2, 0.25) is 11.8 Å². The van der Waals surface area contributed by atoms with Crippen LogP contribution >= 0.6 is 0 Å². The molecule has 1 saturated heterocycles. The number of hydrogen-bond donors (Lipinski definition) is 2. The van der Waals surface area contributed by atoms with E-state index in [4.69, 9.17) is 4.74 Å². The van der Waals surface area contributed by atoms with Crippen molar-refractivity contribution < 1.29 is 18.7 Å². The molecule has 0 radical (unpaired) electrons. The number of nitrogens with one attached hydrogen (secondary N) is 2. The zero-order chi connectivity index (χ0) is 25.7. The Labute approximate surface area is 211 Å². The number of carbonyl (C=O) groups excluding carboxylic acids is 2. The highest BCUT2D eigenvalue weighted by molar-refractivity contribution is 5.97. The maximum atomic E-state index is 14.3. The highest BCUT2D eigenvalue weighted by Gasteiger charge is 2.54. The molecule has 2 amide bonds. The SMILES string of the molecule is COc1cc(-c2cc(C(=O)N3CC[C@H](C(=O)Nc4cnn5ccc(C)nc45)CC34CC4)n[nH]2)c(F)cn1. The Morgan fingerprint density at radius 1 is 1.27 bits per heavy atom.